The number of Topliss-reactive ketones (excluding diaryl/α,β-unsaturated/α-hetero) is 6. The number of carbonyl (C=O) groups is 6. The zero-order valence-corrected chi connectivity index (χ0v) is 15.7. The summed E-state index contributed by atoms with van der Waals surface area (Å²) in [5, 5.41) is 0. The third-order valence-corrected chi connectivity index (χ3v) is 2.52. The molecule has 0 aliphatic heterocycles. The lowest BCUT2D eigenvalue weighted by Crippen LogP contribution is -2.01. The van der Waals surface area contributed by atoms with E-state index in [1.807, 2.05) is 0 Å². The Balaban J connectivity index is -0.000000130. The van der Waals surface area contributed by atoms with E-state index in [2.05, 4.69) is 0 Å². The van der Waals surface area contributed by atoms with Gasteiger partial charge in [0, 0.05) is 19.3 Å². The second-order valence-corrected chi connectivity index (χ2v) is 5.31. The van der Waals surface area contributed by atoms with Crippen LogP contribution in [0.5, 0.6) is 0 Å². The number of ketones is 6. The molecule has 0 unspecified atom stereocenters. The quantitative estimate of drug-likeness (QED) is 0.450. The fourth-order valence-electron chi connectivity index (χ4n) is 1.21. The number of hydrogen-bond donors (Lipinski definition) is 0. The van der Waals surface area contributed by atoms with Crippen molar-refractivity contribution >= 4 is 52.1 Å². The largest absolute Gasteiger partial charge is 0.300 e. The van der Waals surface area contributed by atoms with Gasteiger partial charge in [0.15, 0.2) is 17.4 Å². The SMILES string of the molecule is CCC(=O)CC(C)=O.CCC(=O)CC(C)=O.CCC(=O)CC(C)=O.[AlH3]. The highest BCUT2D eigenvalue weighted by Crippen LogP contribution is 1.89. The summed E-state index contributed by atoms with van der Waals surface area (Å²) in [6.45, 7) is 9.54. The lowest BCUT2D eigenvalue weighted by atomic mass is 10.2. The summed E-state index contributed by atoms with van der Waals surface area (Å²) in [6, 6.07) is 0. The fourth-order valence-corrected chi connectivity index (χ4v) is 1.21. The van der Waals surface area contributed by atoms with Gasteiger partial charge in [-0.05, 0) is 20.8 Å². The van der Waals surface area contributed by atoms with E-state index in [1.54, 1.807) is 20.8 Å². The molecule has 0 fully saturated rings. The van der Waals surface area contributed by atoms with Gasteiger partial charge in [0.25, 0.3) is 0 Å². The molecule has 0 heterocycles. The van der Waals surface area contributed by atoms with Crippen molar-refractivity contribution in [1.82, 2.24) is 0 Å². The van der Waals surface area contributed by atoms with Crippen LogP contribution in [0.15, 0.2) is 0 Å². The van der Waals surface area contributed by atoms with E-state index >= 15 is 0 Å². The van der Waals surface area contributed by atoms with Gasteiger partial charge >= 0.3 is 0 Å². The van der Waals surface area contributed by atoms with E-state index in [9.17, 15) is 28.8 Å². The van der Waals surface area contributed by atoms with Crippen molar-refractivity contribution < 1.29 is 28.8 Å². The molecule has 144 valence electrons. The first kappa shape index (κ1) is 31.3. The van der Waals surface area contributed by atoms with Gasteiger partial charge in [-0.1, -0.05) is 20.8 Å². The second-order valence-electron chi connectivity index (χ2n) is 5.31. The van der Waals surface area contributed by atoms with Crippen LogP contribution in [0.2, 0.25) is 0 Å². The molecule has 0 aromatic heterocycles. The molecule has 0 saturated heterocycles. The maximum Gasteiger partial charge on any atom is 0.187 e. The van der Waals surface area contributed by atoms with Crippen molar-refractivity contribution in [3.8, 4) is 0 Å². The predicted molar refractivity (Wildman–Crippen MR) is 102 cm³/mol. The minimum absolute atomic E-state index is 0. The Bertz CT molecular complexity index is 388. The van der Waals surface area contributed by atoms with Gasteiger partial charge in [-0.15, -0.1) is 0 Å². The summed E-state index contributed by atoms with van der Waals surface area (Å²) in [5.74, 6) is -0.0574. The fraction of sp³-hybridized carbons (Fsp3) is 0.667. The smallest absolute Gasteiger partial charge is 0.187 e. The van der Waals surface area contributed by atoms with Crippen LogP contribution in [0.25, 0.3) is 0 Å². The maximum absolute atomic E-state index is 10.4. The van der Waals surface area contributed by atoms with Crippen LogP contribution in [0, 0.1) is 0 Å². The van der Waals surface area contributed by atoms with Gasteiger partial charge in [-0.2, -0.15) is 0 Å². The van der Waals surface area contributed by atoms with Crippen molar-refractivity contribution in [3.63, 3.8) is 0 Å². The van der Waals surface area contributed by atoms with Crippen LogP contribution < -0.4 is 0 Å². The molecule has 6 nitrogen and oxygen atoms in total. The van der Waals surface area contributed by atoms with Crippen molar-refractivity contribution in [1.29, 1.82) is 0 Å². The molecule has 0 spiro atoms. The first-order chi connectivity index (χ1) is 11.0. The molecule has 0 bridgehead atoms. The molecule has 0 aromatic carbocycles. The molecule has 25 heavy (non-hydrogen) atoms. The van der Waals surface area contributed by atoms with Crippen LogP contribution in [0.3, 0.4) is 0 Å². The predicted octanol–water partition coefficient (Wildman–Crippen LogP) is 1.65. The van der Waals surface area contributed by atoms with E-state index in [1.165, 1.54) is 20.8 Å². The zero-order chi connectivity index (χ0) is 19.7. The first-order valence-electron chi connectivity index (χ1n) is 8.03. The van der Waals surface area contributed by atoms with Crippen LogP contribution >= 0.6 is 0 Å². The minimum atomic E-state index is -0.0446. The molecular weight excluding hydrogens is 339 g/mol. The zero-order valence-electron chi connectivity index (χ0n) is 15.7. The van der Waals surface area contributed by atoms with Gasteiger partial charge < -0.3 is 0 Å². The Hall–Kier alpha value is -1.45. The molecule has 0 rings (SSSR count). The highest BCUT2D eigenvalue weighted by molar-refractivity contribution is 5.98. The highest BCUT2D eigenvalue weighted by atomic mass is 27.0. The molecule has 0 amide bonds. The molecule has 0 atom stereocenters. The van der Waals surface area contributed by atoms with Crippen LogP contribution in [-0.2, 0) is 28.8 Å². The Morgan fingerprint density at radius 1 is 0.480 bits per heavy atom. The van der Waals surface area contributed by atoms with E-state index in [0.29, 0.717) is 19.3 Å². The minimum Gasteiger partial charge on any atom is -0.300 e. The summed E-state index contributed by atoms with van der Waals surface area (Å²) in [4.78, 5) is 61.8. The lowest BCUT2D eigenvalue weighted by Gasteiger charge is -1.87. The van der Waals surface area contributed by atoms with E-state index < -0.39 is 0 Å². The number of hydrogen-bond acceptors (Lipinski definition) is 6. The van der Waals surface area contributed by atoms with E-state index in [-0.39, 0.29) is 71.3 Å². The Morgan fingerprint density at radius 2 is 0.640 bits per heavy atom. The topological polar surface area (TPSA) is 102 Å². The van der Waals surface area contributed by atoms with E-state index in [0.717, 1.165) is 0 Å². The van der Waals surface area contributed by atoms with Crippen LogP contribution in [-0.4, -0.2) is 52.1 Å². The average molecular weight is 372 g/mol. The third kappa shape index (κ3) is 34.8. The lowest BCUT2D eigenvalue weighted by molar-refractivity contribution is -0.127. The molecule has 0 saturated carbocycles. The van der Waals surface area contributed by atoms with Crippen molar-refractivity contribution in [3.05, 3.63) is 0 Å². The highest BCUT2D eigenvalue weighted by Gasteiger charge is 2.00. The monoisotopic (exact) mass is 372 g/mol. The standard InChI is InChI=1S/3C6H10O2.Al.3H/c3*1-3-6(8)4-5(2)7;;;;/h3*3-4H2,1-2H3;;;;. The maximum atomic E-state index is 10.4. The summed E-state index contributed by atoms with van der Waals surface area (Å²) >= 11 is 0. The van der Waals surface area contributed by atoms with Crippen molar-refractivity contribution in [2.45, 2.75) is 80.1 Å². The number of carbonyl (C=O) groups excluding carboxylic acids is 6. The summed E-state index contributed by atoms with van der Waals surface area (Å²) < 4.78 is 0. The Labute approximate surface area is 161 Å². The molecule has 0 aromatic rings. The molecular formula is C18H33AlO6. The molecule has 7 heteroatoms. The normalized spacial score (nSPS) is 8.40. The van der Waals surface area contributed by atoms with Gasteiger partial charge in [-0.25, -0.2) is 0 Å². The number of rotatable bonds is 9. The second kappa shape index (κ2) is 20.6. The van der Waals surface area contributed by atoms with Crippen LogP contribution in [0.1, 0.15) is 80.1 Å². The summed E-state index contributed by atoms with van der Waals surface area (Å²) in [5.41, 5.74) is 0. The molecule has 0 aliphatic rings. The average Bonchev–Trinajstić information content (AvgIpc) is 2.46. The van der Waals surface area contributed by atoms with E-state index in [4.69, 9.17) is 0 Å². The molecule has 0 aliphatic carbocycles. The molecule has 0 N–H and O–H groups in total. The van der Waals surface area contributed by atoms with Gasteiger partial charge in [0.1, 0.15) is 34.7 Å². The molecule has 0 radical (unpaired) electrons. The van der Waals surface area contributed by atoms with Gasteiger partial charge in [-0.3, -0.25) is 28.8 Å². The first-order valence-corrected chi connectivity index (χ1v) is 8.03. The summed E-state index contributed by atoms with van der Waals surface area (Å²) in [6.07, 6.45) is 1.74. The van der Waals surface area contributed by atoms with Crippen molar-refractivity contribution in [2.75, 3.05) is 0 Å². The summed E-state index contributed by atoms with van der Waals surface area (Å²) in [7, 11) is 0. The van der Waals surface area contributed by atoms with Crippen LogP contribution in [0.4, 0.5) is 0 Å². The van der Waals surface area contributed by atoms with Gasteiger partial charge in [0.05, 0.1) is 19.3 Å². The Morgan fingerprint density at radius 3 is 0.680 bits per heavy atom. The van der Waals surface area contributed by atoms with Gasteiger partial charge in [0.2, 0.25) is 0 Å². The van der Waals surface area contributed by atoms with Crippen molar-refractivity contribution in [2.24, 2.45) is 0 Å². The third-order valence-electron chi connectivity index (χ3n) is 2.52. The Kier molecular flexibility index (Phi) is 25.8.